The second-order valence-electron chi connectivity index (χ2n) is 5.21. The van der Waals surface area contributed by atoms with Crippen molar-refractivity contribution in [2.45, 2.75) is 27.7 Å². The van der Waals surface area contributed by atoms with E-state index in [-0.39, 0.29) is 11.3 Å². The van der Waals surface area contributed by atoms with Crippen LogP contribution in [0.2, 0.25) is 0 Å². The number of aromatic nitrogens is 2. The largest absolute Gasteiger partial charge is 0.357 e. The predicted octanol–water partition coefficient (Wildman–Crippen LogP) is 1.60. The van der Waals surface area contributed by atoms with Gasteiger partial charge < -0.3 is 10.6 Å². The van der Waals surface area contributed by atoms with Gasteiger partial charge in [0.05, 0.1) is 0 Å². The van der Waals surface area contributed by atoms with Crippen molar-refractivity contribution in [1.29, 1.82) is 0 Å². The van der Waals surface area contributed by atoms with Crippen molar-refractivity contribution in [2.24, 2.45) is 5.41 Å². The third kappa shape index (κ3) is 4.38. The van der Waals surface area contributed by atoms with E-state index >= 15 is 0 Å². The molecule has 0 aliphatic heterocycles. The number of carbonyl (C=O) groups is 1. The number of nitrogens with one attached hydrogen (secondary N) is 2. The van der Waals surface area contributed by atoms with E-state index in [4.69, 9.17) is 0 Å². The van der Waals surface area contributed by atoms with Gasteiger partial charge in [-0.2, -0.15) is 0 Å². The molecule has 5 nitrogen and oxygen atoms in total. The van der Waals surface area contributed by atoms with Crippen molar-refractivity contribution in [3.8, 4) is 0 Å². The minimum absolute atomic E-state index is 0.0591. The third-order valence-electron chi connectivity index (χ3n) is 2.09. The molecule has 1 heterocycles. The van der Waals surface area contributed by atoms with Crippen LogP contribution < -0.4 is 10.6 Å². The molecule has 1 aromatic heterocycles. The Morgan fingerprint density at radius 2 is 2.00 bits per heavy atom. The topological polar surface area (TPSA) is 66.9 Å². The summed E-state index contributed by atoms with van der Waals surface area (Å²) in [5.74, 6) is 0.299. The second kappa shape index (κ2) is 5.12. The standard InChI is InChI=1S/C12H20N4O/c1-8-6-9(16-11(13-5)15-8)10(17)14-7-12(2,3)4/h6H,7H2,1-5H3,(H,14,17)(H,13,15,16). The van der Waals surface area contributed by atoms with Crippen molar-refractivity contribution in [1.82, 2.24) is 15.3 Å². The van der Waals surface area contributed by atoms with Crippen LogP contribution in [0.1, 0.15) is 37.0 Å². The fraction of sp³-hybridized carbons (Fsp3) is 0.583. The molecule has 0 saturated carbocycles. The summed E-state index contributed by atoms with van der Waals surface area (Å²) in [7, 11) is 1.73. The van der Waals surface area contributed by atoms with Crippen LogP contribution in [0.5, 0.6) is 0 Å². The highest BCUT2D eigenvalue weighted by Gasteiger charge is 2.14. The highest BCUT2D eigenvalue weighted by molar-refractivity contribution is 5.92. The van der Waals surface area contributed by atoms with Crippen molar-refractivity contribution in [3.63, 3.8) is 0 Å². The zero-order valence-electron chi connectivity index (χ0n) is 11.1. The van der Waals surface area contributed by atoms with Crippen LogP contribution in [0, 0.1) is 12.3 Å². The average Bonchev–Trinajstić information content (AvgIpc) is 2.23. The van der Waals surface area contributed by atoms with Gasteiger partial charge >= 0.3 is 0 Å². The molecule has 0 fully saturated rings. The van der Waals surface area contributed by atoms with Crippen LogP contribution >= 0.6 is 0 Å². The number of aryl methyl sites for hydroxylation is 1. The molecule has 94 valence electrons. The number of carbonyl (C=O) groups excluding carboxylic acids is 1. The van der Waals surface area contributed by atoms with Gasteiger partial charge in [0, 0.05) is 19.3 Å². The lowest BCUT2D eigenvalue weighted by atomic mass is 9.97. The minimum atomic E-state index is -0.165. The van der Waals surface area contributed by atoms with E-state index in [1.165, 1.54) is 0 Å². The van der Waals surface area contributed by atoms with Gasteiger partial charge in [0.1, 0.15) is 5.69 Å². The lowest BCUT2D eigenvalue weighted by molar-refractivity contribution is 0.0934. The second-order valence-corrected chi connectivity index (χ2v) is 5.21. The lowest BCUT2D eigenvalue weighted by Gasteiger charge is -2.18. The Hall–Kier alpha value is -1.65. The zero-order chi connectivity index (χ0) is 13.1. The number of hydrogen-bond acceptors (Lipinski definition) is 4. The smallest absolute Gasteiger partial charge is 0.270 e. The summed E-state index contributed by atoms with van der Waals surface area (Å²) in [6.45, 7) is 8.65. The quantitative estimate of drug-likeness (QED) is 0.836. The fourth-order valence-corrected chi connectivity index (χ4v) is 1.23. The van der Waals surface area contributed by atoms with Gasteiger partial charge in [-0.25, -0.2) is 9.97 Å². The molecule has 2 N–H and O–H groups in total. The van der Waals surface area contributed by atoms with Gasteiger partial charge in [-0.05, 0) is 18.4 Å². The number of amides is 1. The molecular weight excluding hydrogens is 216 g/mol. The number of rotatable bonds is 3. The van der Waals surface area contributed by atoms with Crippen LogP contribution in [0.25, 0.3) is 0 Å². The Morgan fingerprint density at radius 3 is 2.53 bits per heavy atom. The summed E-state index contributed by atoms with van der Waals surface area (Å²) >= 11 is 0. The molecule has 0 bridgehead atoms. The summed E-state index contributed by atoms with van der Waals surface area (Å²) in [6, 6.07) is 1.68. The van der Waals surface area contributed by atoms with E-state index in [1.54, 1.807) is 13.1 Å². The Balaban J connectivity index is 2.78. The first-order chi connectivity index (χ1) is 7.81. The van der Waals surface area contributed by atoms with Crippen LogP contribution in [0.3, 0.4) is 0 Å². The molecule has 0 aliphatic rings. The Bertz CT molecular complexity index is 409. The fourth-order valence-electron chi connectivity index (χ4n) is 1.23. The number of anilines is 1. The SMILES string of the molecule is CNc1nc(C)cc(C(=O)NCC(C)(C)C)n1. The normalized spacial score (nSPS) is 11.1. The third-order valence-corrected chi connectivity index (χ3v) is 2.09. The Morgan fingerprint density at radius 1 is 1.35 bits per heavy atom. The van der Waals surface area contributed by atoms with Crippen LogP contribution in [-0.4, -0.2) is 29.5 Å². The molecule has 1 rings (SSSR count). The van der Waals surface area contributed by atoms with Crippen molar-refractivity contribution < 1.29 is 4.79 Å². The molecule has 0 spiro atoms. The van der Waals surface area contributed by atoms with Crippen molar-refractivity contribution in [2.75, 3.05) is 18.9 Å². The summed E-state index contributed by atoms with van der Waals surface area (Å²) in [5, 5.41) is 5.69. The van der Waals surface area contributed by atoms with Crippen molar-refractivity contribution in [3.05, 3.63) is 17.5 Å². The molecule has 0 radical (unpaired) electrons. The van der Waals surface area contributed by atoms with E-state index in [0.29, 0.717) is 18.2 Å². The van der Waals surface area contributed by atoms with Gasteiger partial charge in [0.15, 0.2) is 0 Å². The van der Waals surface area contributed by atoms with Gasteiger partial charge in [-0.3, -0.25) is 4.79 Å². The average molecular weight is 236 g/mol. The van der Waals surface area contributed by atoms with E-state index < -0.39 is 0 Å². The molecule has 0 atom stereocenters. The maximum atomic E-state index is 11.9. The molecule has 0 aliphatic carbocycles. The van der Waals surface area contributed by atoms with Gasteiger partial charge in [-0.15, -0.1) is 0 Å². The Kier molecular flexibility index (Phi) is 4.04. The minimum Gasteiger partial charge on any atom is -0.357 e. The van der Waals surface area contributed by atoms with E-state index in [1.807, 2.05) is 6.92 Å². The highest BCUT2D eigenvalue weighted by atomic mass is 16.1. The van der Waals surface area contributed by atoms with Gasteiger partial charge in [-0.1, -0.05) is 20.8 Å². The van der Waals surface area contributed by atoms with E-state index in [9.17, 15) is 4.79 Å². The van der Waals surface area contributed by atoms with Crippen LogP contribution in [0.4, 0.5) is 5.95 Å². The maximum Gasteiger partial charge on any atom is 0.270 e. The maximum absolute atomic E-state index is 11.9. The Labute approximate surface area is 102 Å². The molecule has 0 unspecified atom stereocenters. The molecule has 1 aromatic rings. The molecule has 17 heavy (non-hydrogen) atoms. The van der Waals surface area contributed by atoms with Crippen LogP contribution in [0.15, 0.2) is 6.07 Å². The number of nitrogens with zero attached hydrogens (tertiary/aromatic N) is 2. The first kappa shape index (κ1) is 13.4. The first-order valence-corrected chi connectivity index (χ1v) is 5.63. The first-order valence-electron chi connectivity index (χ1n) is 5.63. The number of hydrogen-bond donors (Lipinski definition) is 2. The van der Waals surface area contributed by atoms with Gasteiger partial charge in [0.25, 0.3) is 5.91 Å². The van der Waals surface area contributed by atoms with Crippen LogP contribution in [-0.2, 0) is 0 Å². The predicted molar refractivity (Wildman–Crippen MR) is 68.1 cm³/mol. The molecular formula is C12H20N4O. The highest BCUT2D eigenvalue weighted by Crippen LogP contribution is 2.11. The van der Waals surface area contributed by atoms with Gasteiger partial charge in [0.2, 0.25) is 5.95 Å². The monoisotopic (exact) mass is 236 g/mol. The zero-order valence-corrected chi connectivity index (χ0v) is 11.1. The van der Waals surface area contributed by atoms with E-state index in [2.05, 4.69) is 41.4 Å². The summed E-state index contributed by atoms with van der Waals surface area (Å²) in [4.78, 5) is 20.1. The van der Waals surface area contributed by atoms with E-state index in [0.717, 1.165) is 5.69 Å². The summed E-state index contributed by atoms with van der Waals surface area (Å²) < 4.78 is 0. The summed E-state index contributed by atoms with van der Waals surface area (Å²) in [5.41, 5.74) is 1.22. The van der Waals surface area contributed by atoms with Crippen molar-refractivity contribution >= 4 is 11.9 Å². The molecule has 0 aromatic carbocycles. The summed E-state index contributed by atoms with van der Waals surface area (Å²) in [6.07, 6.45) is 0. The lowest BCUT2D eigenvalue weighted by Crippen LogP contribution is -2.33. The molecule has 0 saturated heterocycles. The molecule has 5 heteroatoms. The molecule has 1 amide bonds.